The van der Waals surface area contributed by atoms with Crippen molar-refractivity contribution in [3.8, 4) is 5.75 Å². The van der Waals surface area contributed by atoms with E-state index in [-0.39, 0.29) is 11.5 Å². The molecule has 0 fully saturated rings. The number of aromatic nitrogens is 3. The van der Waals surface area contributed by atoms with Gasteiger partial charge >= 0.3 is 10.2 Å². The normalized spacial score (nSPS) is 14.6. The van der Waals surface area contributed by atoms with Gasteiger partial charge in [0.2, 0.25) is 0 Å². The summed E-state index contributed by atoms with van der Waals surface area (Å²) in [6, 6.07) is 8.01. The fourth-order valence-electron chi connectivity index (χ4n) is 2.85. The standard InChI is InChI=1S/C17H13F5N4OS/c1-27-11-5-6-14-13(8-11)16-15(9-23-14)25-26-17(16)24-10-3-2-4-12(7-10)28(18,19,20,21)22/h2-9H,1H3,(H2,24,25,26). The summed E-state index contributed by atoms with van der Waals surface area (Å²) >= 11 is 0. The first-order valence-corrected chi connectivity index (χ1v) is 9.82. The molecule has 0 radical (unpaired) electrons. The average Bonchev–Trinajstić information content (AvgIpc) is 3.03. The predicted molar refractivity (Wildman–Crippen MR) is 99.1 cm³/mol. The smallest absolute Gasteiger partial charge is 0.310 e. The second kappa shape index (κ2) is 5.25. The molecule has 0 saturated carbocycles. The number of hydrogen-bond donors (Lipinski definition) is 2. The molecule has 5 nitrogen and oxygen atoms in total. The van der Waals surface area contributed by atoms with E-state index in [1.165, 1.54) is 19.4 Å². The van der Waals surface area contributed by atoms with E-state index in [2.05, 4.69) is 20.5 Å². The Morgan fingerprint density at radius 1 is 1.04 bits per heavy atom. The van der Waals surface area contributed by atoms with Crippen molar-refractivity contribution in [1.82, 2.24) is 15.2 Å². The number of ether oxygens (including phenoxy) is 1. The molecule has 2 N–H and O–H groups in total. The van der Waals surface area contributed by atoms with Gasteiger partial charge < -0.3 is 10.1 Å². The minimum absolute atomic E-state index is 0.174. The van der Waals surface area contributed by atoms with Crippen LogP contribution in [0.1, 0.15) is 0 Å². The number of rotatable bonds is 4. The first-order valence-electron chi connectivity index (χ1n) is 7.87. The number of aromatic amines is 1. The van der Waals surface area contributed by atoms with Crippen LogP contribution in [-0.4, -0.2) is 22.3 Å². The third-order valence-electron chi connectivity index (χ3n) is 4.14. The Bertz CT molecular complexity index is 1220. The lowest BCUT2D eigenvalue weighted by Gasteiger charge is -2.40. The maximum atomic E-state index is 13.1. The van der Waals surface area contributed by atoms with Gasteiger partial charge in [-0.2, -0.15) is 5.10 Å². The zero-order chi connectivity index (χ0) is 20.2. The zero-order valence-electron chi connectivity index (χ0n) is 14.2. The molecule has 2 aromatic heterocycles. The van der Waals surface area contributed by atoms with Gasteiger partial charge in [0.05, 0.1) is 29.7 Å². The fraction of sp³-hybridized carbons (Fsp3) is 0.0588. The molecule has 2 aromatic carbocycles. The highest BCUT2D eigenvalue weighted by molar-refractivity contribution is 8.45. The molecule has 148 valence electrons. The van der Waals surface area contributed by atoms with Gasteiger partial charge in [-0.3, -0.25) is 10.1 Å². The van der Waals surface area contributed by atoms with Gasteiger partial charge in [-0.15, -0.1) is 0 Å². The van der Waals surface area contributed by atoms with Crippen molar-refractivity contribution in [3.63, 3.8) is 0 Å². The zero-order valence-corrected chi connectivity index (χ0v) is 15.0. The van der Waals surface area contributed by atoms with Crippen molar-refractivity contribution in [3.05, 3.63) is 48.7 Å². The van der Waals surface area contributed by atoms with Crippen molar-refractivity contribution >= 4 is 43.5 Å². The van der Waals surface area contributed by atoms with Crippen LogP contribution in [0.2, 0.25) is 0 Å². The second-order valence-electron chi connectivity index (χ2n) is 6.12. The van der Waals surface area contributed by atoms with Crippen LogP contribution >= 0.6 is 10.2 Å². The van der Waals surface area contributed by atoms with E-state index in [4.69, 9.17) is 4.74 Å². The number of halogens is 5. The van der Waals surface area contributed by atoms with Gasteiger partial charge in [-0.25, -0.2) is 0 Å². The number of nitrogens with zero attached hydrogens (tertiary/aromatic N) is 2. The van der Waals surface area contributed by atoms with Gasteiger partial charge in [0.1, 0.15) is 10.6 Å². The highest BCUT2D eigenvalue weighted by atomic mass is 32.5. The van der Waals surface area contributed by atoms with Gasteiger partial charge in [-0.05, 0) is 36.4 Å². The van der Waals surface area contributed by atoms with E-state index in [1.54, 1.807) is 18.2 Å². The first-order chi connectivity index (χ1) is 12.9. The van der Waals surface area contributed by atoms with E-state index >= 15 is 0 Å². The Morgan fingerprint density at radius 2 is 1.82 bits per heavy atom. The third-order valence-corrected chi connectivity index (χ3v) is 5.29. The van der Waals surface area contributed by atoms with Gasteiger partial charge in [0, 0.05) is 11.1 Å². The number of pyridine rings is 1. The van der Waals surface area contributed by atoms with Gasteiger partial charge in [0.15, 0.2) is 5.82 Å². The molecule has 0 spiro atoms. The van der Waals surface area contributed by atoms with E-state index in [9.17, 15) is 19.4 Å². The van der Waals surface area contributed by atoms with Gasteiger partial charge in [-0.1, -0.05) is 25.5 Å². The number of nitrogens with one attached hydrogen (secondary N) is 2. The summed E-state index contributed by atoms with van der Waals surface area (Å²) in [6.45, 7) is 0. The molecule has 0 atom stereocenters. The van der Waals surface area contributed by atoms with E-state index in [1.807, 2.05) is 0 Å². The number of benzene rings is 2. The number of fused-ring (bicyclic) bond motifs is 3. The fourth-order valence-corrected chi connectivity index (χ4v) is 3.54. The molecule has 0 aliphatic rings. The van der Waals surface area contributed by atoms with Crippen LogP contribution in [0.3, 0.4) is 0 Å². The molecule has 0 aliphatic heterocycles. The number of methoxy groups -OCH3 is 1. The van der Waals surface area contributed by atoms with Crippen LogP contribution in [0.5, 0.6) is 5.75 Å². The molecular weight excluding hydrogens is 403 g/mol. The van der Waals surface area contributed by atoms with Crippen LogP contribution < -0.4 is 10.1 Å². The largest absolute Gasteiger partial charge is 0.497 e. The van der Waals surface area contributed by atoms with Crippen molar-refractivity contribution in [2.45, 2.75) is 4.90 Å². The summed E-state index contributed by atoms with van der Waals surface area (Å²) in [6.07, 6.45) is 1.52. The SMILES string of the molecule is COc1ccc2ncc3[nH]nc(Nc4cccc(S(F)(F)(F)(F)F)c4)c3c2c1. The summed E-state index contributed by atoms with van der Waals surface area (Å²) in [5, 5.41) is 10.6. The molecule has 0 aliphatic carbocycles. The minimum atomic E-state index is -9.78. The Balaban J connectivity index is 1.85. The Morgan fingerprint density at radius 3 is 2.54 bits per heavy atom. The van der Waals surface area contributed by atoms with Crippen LogP contribution in [0.4, 0.5) is 30.9 Å². The minimum Gasteiger partial charge on any atom is -0.497 e. The lowest BCUT2D eigenvalue weighted by molar-refractivity contribution is 0.364. The maximum Gasteiger partial charge on any atom is 0.310 e. The molecule has 11 heteroatoms. The van der Waals surface area contributed by atoms with E-state index < -0.39 is 15.1 Å². The van der Waals surface area contributed by atoms with Crippen LogP contribution in [0.15, 0.2) is 53.6 Å². The quantitative estimate of drug-likeness (QED) is 0.372. The van der Waals surface area contributed by atoms with Crippen molar-refractivity contribution < 1.29 is 24.2 Å². The van der Waals surface area contributed by atoms with Crippen LogP contribution in [-0.2, 0) is 0 Å². The van der Waals surface area contributed by atoms with Crippen molar-refractivity contribution in [2.24, 2.45) is 0 Å². The predicted octanol–water partition coefficient (Wildman–Crippen LogP) is 6.52. The lowest BCUT2D eigenvalue weighted by Crippen LogP contribution is -2.06. The highest BCUT2D eigenvalue weighted by Gasteiger charge is 2.65. The molecule has 28 heavy (non-hydrogen) atoms. The van der Waals surface area contributed by atoms with E-state index in [0.29, 0.717) is 39.7 Å². The van der Waals surface area contributed by atoms with Crippen LogP contribution in [0, 0.1) is 0 Å². The Hall–Kier alpha value is -3.08. The number of H-pyrrole nitrogens is 1. The summed E-state index contributed by atoms with van der Waals surface area (Å²) in [5.41, 5.74) is 0.956. The molecular formula is C17H13F5N4OS. The van der Waals surface area contributed by atoms with Crippen LogP contribution in [0.25, 0.3) is 21.8 Å². The molecule has 4 aromatic rings. The topological polar surface area (TPSA) is 62.8 Å². The first kappa shape index (κ1) is 18.3. The molecule has 0 bridgehead atoms. The summed E-state index contributed by atoms with van der Waals surface area (Å²) in [4.78, 5) is 2.30. The average molecular weight is 416 g/mol. The Labute approximate surface area is 155 Å². The highest BCUT2D eigenvalue weighted by Crippen LogP contribution is 3.02. The maximum absolute atomic E-state index is 13.1. The van der Waals surface area contributed by atoms with Crippen molar-refractivity contribution in [1.29, 1.82) is 0 Å². The lowest BCUT2D eigenvalue weighted by atomic mass is 10.1. The molecule has 2 heterocycles. The number of anilines is 2. The number of hydrogen-bond acceptors (Lipinski definition) is 4. The molecule has 0 unspecified atom stereocenters. The monoisotopic (exact) mass is 416 g/mol. The van der Waals surface area contributed by atoms with Gasteiger partial charge in [0.25, 0.3) is 0 Å². The summed E-state index contributed by atoms with van der Waals surface area (Å²) in [7, 11) is -8.29. The Kier molecular flexibility index (Phi) is 3.43. The third kappa shape index (κ3) is 3.28. The van der Waals surface area contributed by atoms with Crippen molar-refractivity contribution in [2.75, 3.05) is 12.4 Å². The second-order valence-corrected chi connectivity index (χ2v) is 8.53. The molecule has 0 amide bonds. The summed E-state index contributed by atoms with van der Waals surface area (Å²) < 4.78 is 70.6. The van der Waals surface area contributed by atoms with E-state index in [0.717, 1.165) is 6.07 Å². The molecule has 4 rings (SSSR count). The summed E-state index contributed by atoms with van der Waals surface area (Å²) in [5.74, 6) is 0.729. The molecule has 0 saturated heterocycles.